The summed E-state index contributed by atoms with van der Waals surface area (Å²) in [6, 6.07) is 22.3. The van der Waals surface area contributed by atoms with Crippen molar-refractivity contribution in [1.82, 2.24) is 15.3 Å². The fourth-order valence-electron chi connectivity index (χ4n) is 4.73. The number of aliphatic hydroxyl groups is 1. The molecule has 0 saturated carbocycles. The molecule has 0 bridgehead atoms. The maximum Gasteiger partial charge on any atom is 0.159 e. The van der Waals surface area contributed by atoms with Crippen molar-refractivity contribution in [3.63, 3.8) is 0 Å². The Morgan fingerprint density at radius 1 is 0.914 bits per heavy atom. The summed E-state index contributed by atoms with van der Waals surface area (Å²) >= 11 is 1.46. The van der Waals surface area contributed by atoms with E-state index in [2.05, 4.69) is 50.0 Å². The predicted octanol–water partition coefficient (Wildman–Crippen LogP) is 5.69. The number of rotatable bonds is 5. The Balaban J connectivity index is 1.21. The Labute approximate surface area is 207 Å². The molecule has 6 rings (SSSR count). The van der Waals surface area contributed by atoms with E-state index in [9.17, 15) is 5.11 Å². The molecule has 1 fully saturated rings. The van der Waals surface area contributed by atoms with Gasteiger partial charge in [0, 0.05) is 24.7 Å². The number of benzene rings is 3. The number of aryl methyl sites for hydroxylation is 1. The average molecular weight is 484 g/mol. The lowest BCUT2D eigenvalue weighted by molar-refractivity contribution is 0.0118. The molecule has 2 N–H and O–H groups in total. The van der Waals surface area contributed by atoms with Crippen LogP contribution in [-0.4, -0.2) is 33.5 Å². The Hall–Kier alpha value is -3.62. The van der Waals surface area contributed by atoms with Gasteiger partial charge < -0.3 is 14.7 Å². The molecule has 0 atom stereocenters. The Morgan fingerprint density at radius 3 is 2.51 bits per heavy atom. The van der Waals surface area contributed by atoms with E-state index in [0.717, 1.165) is 51.3 Å². The maximum atomic E-state index is 11.3. The lowest BCUT2D eigenvalue weighted by Gasteiger charge is -2.39. The number of aromatic nitrogens is 3. The van der Waals surface area contributed by atoms with Crippen LogP contribution in [-0.2, 0) is 5.60 Å². The number of anilines is 2. The van der Waals surface area contributed by atoms with Crippen molar-refractivity contribution in [2.24, 2.45) is 0 Å². The number of pyridine rings is 1. The molecular formula is C27H25N5O2S. The molecular weight excluding hydrogens is 458 g/mol. The van der Waals surface area contributed by atoms with Crippen LogP contribution in [0.5, 0.6) is 0 Å². The number of para-hydroxylation sites is 1. The van der Waals surface area contributed by atoms with Crippen LogP contribution in [0.3, 0.4) is 0 Å². The van der Waals surface area contributed by atoms with Gasteiger partial charge >= 0.3 is 0 Å². The summed E-state index contributed by atoms with van der Waals surface area (Å²) in [5.74, 6) is 0. The van der Waals surface area contributed by atoms with E-state index in [4.69, 9.17) is 4.63 Å². The summed E-state index contributed by atoms with van der Waals surface area (Å²) < 4.78 is 8.57. The van der Waals surface area contributed by atoms with Crippen LogP contribution in [0.2, 0.25) is 0 Å². The van der Waals surface area contributed by atoms with Crippen molar-refractivity contribution in [2.75, 3.05) is 22.7 Å². The maximum absolute atomic E-state index is 11.3. The van der Waals surface area contributed by atoms with Crippen molar-refractivity contribution < 1.29 is 9.74 Å². The number of nitrogens with zero attached hydrogens (tertiary/aromatic N) is 4. The standard InChI is InChI=1S/C27H25N5O2S/c1-18-7-9-20(10-8-18)27(33)13-16-32(17-14-27)22-11-12-23(26-25(22)29-34-30-26)35-31-21-6-2-4-19-5-3-15-28-24(19)21/h2-12,15,31,33H,13-14,16-17H2,1H3. The first-order valence-corrected chi connectivity index (χ1v) is 12.5. The van der Waals surface area contributed by atoms with Crippen LogP contribution in [0, 0.1) is 6.92 Å². The molecule has 2 aromatic heterocycles. The highest BCUT2D eigenvalue weighted by Gasteiger charge is 2.34. The monoisotopic (exact) mass is 483 g/mol. The third kappa shape index (κ3) is 4.09. The second-order valence-electron chi connectivity index (χ2n) is 9.01. The van der Waals surface area contributed by atoms with Crippen molar-refractivity contribution in [3.05, 3.63) is 84.1 Å². The van der Waals surface area contributed by atoms with Gasteiger partial charge in [-0.3, -0.25) is 4.98 Å². The molecule has 5 aromatic rings. The predicted molar refractivity (Wildman–Crippen MR) is 140 cm³/mol. The molecule has 0 aliphatic carbocycles. The van der Waals surface area contributed by atoms with Gasteiger partial charge in [0.1, 0.15) is 0 Å². The van der Waals surface area contributed by atoms with E-state index in [1.54, 1.807) is 6.20 Å². The van der Waals surface area contributed by atoms with Gasteiger partial charge in [-0.05, 0) is 71.9 Å². The molecule has 35 heavy (non-hydrogen) atoms. The van der Waals surface area contributed by atoms with Gasteiger partial charge in [-0.1, -0.05) is 48.0 Å². The minimum atomic E-state index is -0.808. The molecule has 0 unspecified atom stereocenters. The van der Waals surface area contributed by atoms with Gasteiger partial charge in [0.25, 0.3) is 0 Å². The molecule has 0 amide bonds. The molecule has 1 aliphatic rings. The molecule has 7 nitrogen and oxygen atoms in total. The molecule has 3 aromatic carbocycles. The highest BCUT2D eigenvalue weighted by atomic mass is 32.2. The zero-order valence-corrected chi connectivity index (χ0v) is 20.1. The van der Waals surface area contributed by atoms with E-state index in [1.165, 1.54) is 17.5 Å². The first kappa shape index (κ1) is 21.9. The fraction of sp³-hybridized carbons (Fsp3) is 0.222. The molecule has 0 spiro atoms. The molecule has 0 radical (unpaired) electrons. The topological polar surface area (TPSA) is 87.3 Å². The van der Waals surface area contributed by atoms with E-state index in [-0.39, 0.29) is 0 Å². The van der Waals surface area contributed by atoms with E-state index < -0.39 is 5.60 Å². The fourth-order valence-corrected chi connectivity index (χ4v) is 5.49. The van der Waals surface area contributed by atoms with Gasteiger partial charge in [0.05, 0.1) is 27.4 Å². The Morgan fingerprint density at radius 2 is 1.69 bits per heavy atom. The molecule has 3 heterocycles. The second kappa shape index (κ2) is 8.87. The highest BCUT2D eigenvalue weighted by Crippen LogP contribution is 2.38. The number of fused-ring (bicyclic) bond motifs is 2. The van der Waals surface area contributed by atoms with E-state index in [0.29, 0.717) is 18.4 Å². The zero-order chi connectivity index (χ0) is 23.8. The van der Waals surface area contributed by atoms with Crippen molar-refractivity contribution in [1.29, 1.82) is 0 Å². The normalized spacial score (nSPS) is 15.5. The largest absolute Gasteiger partial charge is 0.385 e. The van der Waals surface area contributed by atoms with Crippen LogP contribution >= 0.6 is 11.9 Å². The summed E-state index contributed by atoms with van der Waals surface area (Å²) in [6.07, 6.45) is 3.09. The lowest BCUT2D eigenvalue weighted by Crippen LogP contribution is -2.42. The molecule has 1 aliphatic heterocycles. The summed E-state index contributed by atoms with van der Waals surface area (Å²) in [5, 5.41) is 20.8. The van der Waals surface area contributed by atoms with Crippen molar-refractivity contribution in [3.8, 4) is 0 Å². The average Bonchev–Trinajstić information content (AvgIpc) is 3.39. The van der Waals surface area contributed by atoms with Crippen molar-refractivity contribution >= 4 is 45.3 Å². The lowest BCUT2D eigenvalue weighted by atomic mass is 9.84. The zero-order valence-electron chi connectivity index (χ0n) is 19.3. The summed E-state index contributed by atoms with van der Waals surface area (Å²) in [4.78, 5) is 7.69. The summed E-state index contributed by atoms with van der Waals surface area (Å²) in [5.41, 5.74) is 5.65. The van der Waals surface area contributed by atoms with Crippen LogP contribution in [0.25, 0.3) is 21.9 Å². The van der Waals surface area contributed by atoms with Crippen LogP contribution in [0.1, 0.15) is 24.0 Å². The summed E-state index contributed by atoms with van der Waals surface area (Å²) in [6.45, 7) is 3.50. The van der Waals surface area contributed by atoms with Gasteiger partial charge in [-0.25, -0.2) is 4.63 Å². The quantitative estimate of drug-likeness (QED) is 0.309. The number of hydrogen-bond donors (Lipinski definition) is 2. The van der Waals surface area contributed by atoms with Crippen LogP contribution in [0.15, 0.2) is 82.5 Å². The van der Waals surface area contributed by atoms with E-state index in [1.807, 2.05) is 48.5 Å². The molecule has 1 saturated heterocycles. The minimum absolute atomic E-state index is 0.648. The third-order valence-corrected chi connectivity index (χ3v) is 7.65. The SMILES string of the molecule is Cc1ccc(C2(O)CCN(c3ccc(SNc4cccc5cccnc45)c4nonc34)CC2)cc1. The van der Waals surface area contributed by atoms with Crippen LogP contribution in [0.4, 0.5) is 11.4 Å². The Kier molecular flexibility index (Phi) is 5.54. The van der Waals surface area contributed by atoms with Gasteiger partial charge in [0.2, 0.25) is 0 Å². The van der Waals surface area contributed by atoms with Crippen LogP contribution < -0.4 is 9.62 Å². The first-order valence-electron chi connectivity index (χ1n) is 11.7. The molecule has 176 valence electrons. The van der Waals surface area contributed by atoms with Gasteiger partial charge in [-0.15, -0.1) is 0 Å². The Bertz CT molecular complexity index is 1490. The first-order chi connectivity index (χ1) is 17.1. The van der Waals surface area contributed by atoms with Crippen molar-refractivity contribution in [2.45, 2.75) is 30.3 Å². The molecule has 8 heteroatoms. The summed E-state index contributed by atoms with van der Waals surface area (Å²) in [7, 11) is 0. The third-order valence-electron chi connectivity index (χ3n) is 6.78. The van der Waals surface area contributed by atoms with Gasteiger partial charge in [0.15, 0.2) is 11.0 Å². The number of hydrogen-bond acceptors (Lipinski definition) is 8. The smallest absolute Gasteiger partial charge is 0.159 e. The van der Waals surface area contributed by atoms with E-state index >= 15 is 0 Å². The highest BCUT2D eigenvalue weighted by molar-refractivity contribution is 8.00. The minimum Gasteiger partial charge on any atom is -0.385 e. The number of nitrogens with one attached hydrogen (secondary N) is 1. The second-order valence-corrected chi connectivity index (χ2v) is 9.86. The number of piperidine rings is 1. The van der Waals surface area contributed by atoms with Gasteiger partial charge in [-0.2, -0.15) is 0 Å².